The van der Waals surface area contributed by atoms with Crippen molar-refractivity contribution in [2.45, 2.75) is 29.0 Å². The molecule has 2 bridgehead atoms. The summed E-state index contributed by atoms with van der Waals surface area (Å²) in [7, 11) is 0. The first kappa shape index (κ1) is 25.9. The Labute approximate surface area is 247 Å². The van der Waals surface area contributed by atoms with E-state index in [9.17, 15) is 4.79 Å². The minimum atomic E-state index is -0.0557. The van der Waals surface area contributed by atoms with Gasteiger partial charge >= 0.3 is 0 Å². The molecule has 0 N–H and O–H groups in total. The molecule has 1 amide bonds. The molecule has 202 valence electrons. The fourth-order valence-electron chi connectivity index (χ4n) is 7.13. The zero-order chi connectivity index (χ0) is 27.6. The number of nitrogens with zero attached hydrogens (tertiary/aromatic N) is 1. The number of carbonyl (C=O) groups is 1. The van der Waals surface area contributed by atoms with Gasteiger partial charge in [0, 0.05) is 16.1 Å². The molecule has 3 heteroatoms. The van der Waals surface area contributed by atoms with E-state index >= 15 is 0 Å². The molecule has 2 saturated heterocycles. The molecule has 6 atom stereocenters. The quantitative estimate of drug-likeness (QED) is 0.217. The second-order valence-electron chi connectivity index (χ2n) is 11.2. The third-order valence-corrected chi connectivity index (χ3v) is 10.6. The van der Waals surface area contributed by atoms with E-state index in [1.54, 1.807) is 0 Å². The normalized spacial score (nSPS) is 25.4. The molecule has 2 nitrogen and oxygen atoms in total. The molecule has 0 saturated carbocycles. The summed E-state index contributed by atoms with van der Waals surface area (Å²) < 4.78 is 0. The second kappa shape index (κ2) is 11.4. The molecule has 41 heavy (non-hydrogen) atoms. The van der Waals surface area contributed by atoms with Gasteiger partial charge in [0.15, 0.2) is 0 Å². The highest BCUT2D eigenvalue weighted by atomic mass is 32.2. The van der Waals surface area contributed by atoms with Crippen LogP contribution >= 0.6 is 11.8 Å². The number of hydrogen-bond donors (Lipinski definition) is 0. The van der Waals surface area contributed by atoms with Crippen molar-refractivity contribution in [2.75, 3.05) is 0 Å². The van der Waals surface area contributed by atoms with Gasteiger partial charge in [-0.1, -0.05) is 140 Å². The number of fused-ring (bicyclic) bond motifs is 2. The highest BCUT2D eigenvalue weighted by molar-refractivity contribution is 7.99. The number of thioether (sulfide) groups is 1. The molecular weight excluding hydrogens is 518 g/mol. The van der Waals surface area contributed by atoms with Crippen molar-refractivity contribution in [2.24, 2.45) is 11.8 Å². The van der Waals surface area contributed by atoms with Crippen molar-refractivity contribution in [1.82, 2.24) is 4.90 Å². The zero-order valence-corrected chi connectivity index (χ0v) is 23.7. The van der Waals surface area contributed by atoms with Gasteiger partial charge in [-0.3, -0.25) is 4.79 Å². The van der Waals surface area contributed by atoms with Gasteiger partial charge in [0.05, 0.1) is 12.1 Å². The van der Waals surface area contributed by atoms with E-state index in [-0.39, 0.29) is 40.3 Å². The molecule has 5 aromatic carbocycles. The smallest absolute Gasteiger partial charge is 0.254 e. The Kier molecular flexibility index (Phi) is 7.21. The minimum absolute atomic E-state index is 0.0557. The molecule has 0 spiro atoms. The molecule has 2 aliphatic heterocycles. The largest absolute Gasteiger partial charge is 0.324 e. The van der Waals surface area contributed by atoms with Crippen molar-refractivity contribution in [3.05, 3.63) is 179 Å². The van der Waals surface area contributed by atoms with E-state index in [0.29, 0.717) is 0 Å². The zero-order valence-electron chi connectivity index (χ0n) is 22.9. The van der Waals surface area contributed by atoms with Crippen LogP contribution < -0.4 is 0 Å². The van der Waals surface area contributed by atoms with Crippen LogP contribution in [0.2, 0.25) is 0 Å². The van der Waals surface area contributed by atoms with E-state index in [1.165, 1.54) is 22.3 Å². The van der Waals surface area contributed by atoms with Crippen LogP contribution in [0.25, 0.3) is 0 Å². The van der Waals surface area contributed by atoms with Crippen LogP contribution in [0, 0.1) is 11.8 Å². The first-order valence-electron chi connectivity index (χ1n) is 14.5. The van der Waals surface area contributed by atoms with E-state index < -0.39 is 0 Å². The summed E-state index contributed by atoms with van der Waals surface area (Å²) >= 11 is 2.10. The number of benzene rings is 5. The summed E-state index contributed by atoms with van der Waals surface area (Å²) in [5, 5.41) is 0.510. The topological polar surface area (TPSA) is 20.3 Å². The third kappa shape index (κ3) is 4.89. The number of piperidine rings is 1. The molecule has 7 rings (SSSR count). The molecule has 0 unspecified atom stereocenters. The highest BCUT2D eigenvalue weighted by Gasteiger charge is 2.55. The Morgan fingerprint density at radius 3 is 1.22 bits per heavy atom. The van der Waals surface area contributed by atoms with Crippen molar-refractivity contribution in [3.8, 4) is 0 Å². The summed E-state index contributed by atoms with van der Waals surface area (Å²) in [4.78, 5) is 17.1. The lowest BCUT2D eigenvalue weighted by Gasteiger charge is -2.57. The van der Waals surface area contributed by atoms with Gasteiger partial charge < -0.3 is 4.90 Å². The maximum absolute atomic E-state index is 14.8. The van der Waals surface area contributed by atoms with Crippen molar-refractivity contribution in [3.63, 3.8) is 0 Å². The number of likely N-dealkylation sites (tertiary alicyclic amines) is 1. The minimum Gasteiger partial charge on any atom is -0.324 e. The summed E-state index contributed by atoms with van der Waals surface area (Å²) in [5.74, 6) is 0.637. The van der Waals surface area contributed by atoms with Crippen LogP contribution in [0.5, 0.6) is 0 Å². The van der Waals surface area contributed by atoms with Gasteiger partial charge in [0.25, 0.3) is 5.91 Å². The summed E-state index contributed by atoms with van der Waals surface area (Å²) in [6.45, 7) is 0. The van der Waals surface area contributed by atoms with Gasteiger partial charge in [-0.25, -0.2) is 0 Å². The van der Waals surface area contributed by atoms with Crippen molar-refractivity contribution >= 4 is 17.7 Å². The molecule has 0 aromatic heterocycles. The molecule has 2 heterocycles. The SMILES string of the molecule is O=C(c1ccccc1)N1[C@H](c2ccccc2)[C@@H]2C[C@@H]([C@H](c3ccccc3)S[C@@H]2c2ccccc2)[C@@H]1c1ccccc1. The third-order valence-electron chi connectivity index (χ3n) is 8.82. The number of hydrogen-bond acceptors (Lipinski definition) is 2. The van der Waals surface area contributed by atoms with Gasteiger partial charge in [-0.05, 0) is 52.6 Å². The van der Waals surface area contributed by atoms with Crippen LogP contribution in [0.4, 0.5) is 0 Å². The van der Waals surface area contributed by atoms with Crippen molar-refractivity contribution in [1.29, 1.82) is 0 Å². The average Bonchev–Trinajstić information content (AvgIpc) is 3.06. The summed E-state index contributed by atoms with van der Waals surface area (Å²) in [6.07, 6.45) is 1.05. The highest BCUT2D eigenvalue weighted by Crippen LogP contribution is 2.66. The molecule has 2 aliphatic rings. The Bertz CT molecular complexity index is 1480. The fraction of sp³-hybridized carbons (Fsp3) is 0.184. The van der Waals surface area contributed by atoms with Crippen LogP contribution in [0.1, 0.15) is 61.6 Å². The van der Waals surface area contributed by atoms with Crippen LogP contribution in [0.3, 0.4) is 0 Å². The predicted octanol–water partition coefficient (Wildman–Crippen LogP) is 9.48. The maximum atomic E-state index is 14.8. The van der Waals surface area contributed by atoms with Crippen LogP contribution in [-0.2, 0) is 0 Å². The standard InChI is InChI=1S/C38H33NOS/c40-38(31-24-14-5-15-25-31)39-34(27-16-6-1-7-17-27)32-26-33(35(39)28-18-8-2-9-19-28)37(30-22-12-4-13-23-30)41-36(32)29-20-10-3-11-21-29/h1-25,32-37H,26H2/t32-,33+,34+,35-,36+,37-. The Morgan fingerprint density at radius 1 is 0.488 bits per heavy atom. The first-order chi connectivity index (χ1) is 20.3. The van der Waals surface area contributed by atoms with Gasteiger partial charge in [0.2, 0.25) is 0 Å². The number of carbonyl (C=O) groups excluding carboxylic acids is 1. The summed E-state index contributed by atoms with van der Waals surface area (Å²) in [5.41, 5.74) is 5.84. The molecule has 2 fully saturated rings. The Hall–Kier alpha value is -4.08. The Morgan fingerprint density at radius 2 is 0.829 bits per heavy atom. The van der Waals surface area contributed by atoms with E-state index in [2.05, 4.69) is 138 Å². The molecule has 5 aromatic rings. The van der Waals surface area contributed by atoms with Gasteiger partial charge in [-0.2, -0.15) is 0 Å². The second-order valence-corrected chi connectivity index (χ2v) is 12.4. The monoisotopic (exact) mass is 551 g/mol. The van der Waals surface area contributed by atoms with Crippen molar-refractivity contribution < 1.29 is 4.79 Å². The summed E-state index contributed by atoms with van der Waals surface area (Å²) in [6, 6.07) is 53.1. The van der Waals surface area contributed by atoms with E-state index in [0.717, 1.165) is 12.0 Å². The van der Waals surface area contributed by atoms with E-state index in [4.69, 9.17) is 0 Å². The first-order valence-corrected chi connectivity index (χ1v) is 15.5. The molecule has 0 radical (unpaired) electrons. The maximum Gasteiger partial charge on any atom is 0.254 e. The average molecular weight is 552 g/mol. The molecular formula is C38H33NOS. The Balaban J connectivity index is 1.47. The molecule has 0 aliphatic carbocycles. The van der Waals surface area contributed by atoms with Crippen LogP contribution in [0.15, 0.2) is 152 Å². The number of amides is 1. The lowest BCUT2D eigenvalue weighted by Crippen LogP contribution is -2.52. The van der Waals surface area contributed by atoms with E-state index in [1.807, 2.05) is 30.3 Å². The number of rotatable bonds is 5. The van der Waals surface area contributed by atoms with Crippen LogP contribution in [-0.4, -0.2) is 10.8 Å². The lowest BCUT2D eigenvalue weighted by molar-refractivity contribution is -0.00423. The van der Waals surface area contributed by atoms with Gasteiger partial charge in [-0.15, -0.1) is 11.8 Å². The van der Waals surface area contributed by atoms with Gasteiger partial charge in [0.1, 0.15) is 0 Å². The fourth-order valence-corrected chi connectivity index (χ4v) is 9.00. The lowest BCUT2D eigenvalue weighted by atomic mass is 9.69. The predicted molar refractivity (Wildman–Crippen MR) is 169 cm³/mol.